The number of rotatable bonds is 7. The number of nitrogens with zero attached hydrogens (tertiary/aromatic N) is 4. The number of para-hydroxylation sites is 1. The van der Waals surface area contributed by atoms with Gasteiger partial charge in [-0.1, -0.05) is 158 Å². The van der Waals surface area contributed by atoms with Crippen LogP contribution in [0.1, 0.15) is 16.7 Å². The Bertz CT molecular complexity index is 3460. The summed E-state index contributed by atoms with van der Waals surface area (Å²) in [5, 5.41) is 13.8. The van der Waals surface area contributed by atoms with Crippen molar-refractivity contribution in [2.45, 2.75) is 0 Å². The lowest BCUT2D eigenvalue weighted by molar-refractivity contribution is 1.08. The predicted octanol–water partition coefficient (Wildman–Crippen LogP) is 14.4. The quantitative estimate of drug-likeness (QED) is 0.126. The number of aromatic nitrogens is 2. The van der Waals surface area contributed by atoms with Crippen LogP contribution in [-0.4, -0.2) is 27.4 Å². The van der Waals surface area contributed by atoms with E-state index in [0.29, 0.717) is 11.4 Å². The van der Waals surface area contributed by atoms with Crippen molar-refractivity contribution < 1.29 is 0 Å². The van der Waals surface area contributed by atoms with Gasteiger partial charge in [0, 0.05) is 65.6 Å². The number of amidine groups is 2. The minimum absolute atomic E-state index is 0.134. The fourth-order valence-electron chi connectivity index (χ4n) is 8.37. The first-order valence-electron chi connectivity index (χ1n) is 20.6. The normalized spacial score (nSPS) is 12.0. The Morgan fingerprint density at radius 2 is 1.03 bits per heavy atom. The molecule has 0 spiro atoms. The van der Waals surface area contributed by atoms with Crippen LogP contribution in [0, 0.1) is 5.41 Å². The number of pyridine rings is 1. The average Bonchev–Trinajstić information content (AvgIpc) is 3.87. The molecule has 11 rings (SSSR count). The molecular formula is C56H37N5S. The van der Waals surface area contributed by atoms with Crippen LogP contribution in [0.4, 0.5) is 0 Å². The largest absolute Gasteiger partial charge is 0.293 e. The van der Waals surface area contributed by atoms with E-state index >= 15 is 0 Å². The van der Waals surface area contributed by atoms with Crippen molar-refractivity contribution >= 4 is 71.2 Å². The third-order valence-electron chi connectivity index (χ3n) is 11.4. The topological polar surface area (TPSA) is 66.4 Å². The highest BCUT2D eigenvalue weighted by Crippen LogP contribution is 2.41. The molecule has 0 fully saturated rings. The van der Waals surface area contributed by atoms with Crippen LogP contribution in [0.3, 0.4) is 0 Å². The first-order chi connectivity index (χ1) is 30.6. The summed E-state index contributed by atoms with van der Waals surface area (Å²) in [6.45, 7) is 0. The summed E-state index contributed by atoms with van der Waals surface area (Å²) < 4.78 is 4.77. The number of fused-ring (bicyclic) bond motifs is 6. The maximum atomic E-state index is 8.99. The van der Waals surface area contributed by atoms with Crippen LogP contribution in [0.5, 0.6) is 0 Å². The number of hydrogen-bond acceptors (Lipinski definition) is 3. The highest BCUT2D eigenvalue weighted by atomic mass is 32.1. The van der Waals surface area contributed by atoms with Crippen molar-refractivity contribution in [1.29, 1.82) is 5.41 Å². The van der Waals surface area contributed by atoms with Crippen LogP contribution in [0.15, 0.2) is 222 Å². The first kappa shape index (κ1) is 37.0. The van der Waals surface area contributed by atoms with Crippen molar-refractivity contribution in [1.82, 2.24) is 9.55 Å². The van der Waals surface area contributed by atoms with Crippen molar-refractivity contribution in [3.05, 3.63) is 229 Å². The summed E-state index contributed by atoms with van der Waals surface area (Å²) in [6, 6.07) is 71.3. The summed E-state index contributed by atoms with van der Waals surface area (Å²) in [7, 11) is 0. The molecule has 292 valence electrons. The van der Waals surface area contributed by atoms with Gasteiger partial charge >= 0.3 is 0 Å². The minimum atomic E-state index is 0.134. The summed E-state index contributed by atoms with van der Waals surface area (Å²) >= 11 is 1.81. The zero-order chi connectivity index (χ0) is 41.4. The van der Waals surface area contributed by atoms with Gasteiger partial charge in [0.25, 0.3) is 0 Å². The van der Waals surface area contributed by atoms with Crippen LogP contribution in [0.2, 0.25) is 0 Å². The average molecular weight is 812 g/mol. The lowest BCUT2D eigenvalue weighted by Crippen LogP contribution is -2.07. The second kappa shape index (κ2) is 15.8. The molecule has 8 aromatic carbocycles. The molecule has 11 aromatic rings. The second-order valence-electron chi connectivity index (χ2n) is 15.3. The SMILES string of the molecule is N=C(N=C(N=Cc1cc(-c2cc(-c3ccccc3)cc(-c3ccccc3)c2)cnc1-n1c2ccccc2c2cc3c(cc21)sc1ccccc13)c1ccccc1)c1ccccc1. The zero-order valence-electron chi connectivity index (χ0n) is 33.5. The van der Waals surface area contributed by atoms with Gasteiger partial charge in [-0.2, -0.15) is 0 Å². The minimum Gasteiger partial charge on any atom is -0.293 e. The molecule has 0 atom stereocenters. The first-order valence-corrected chi connectivity index (χ1v) is 21.4. The maximum absolute atomic E-state index is 8.99. The number of aliphatic imine (C=N–C) groups is 2. The molecule has 0 aliphatic carbocycles. The van der Waals surface area contributed by atoms with E-state index in [2.05, 4.69) is 150 Å². The number of benzene rings is 8. The van der Waals surface area contributed by atoms with Crippen molar-refractivity contribution in [2.75, 3.05) is 0 Å². The van der Waals surface area contributed by atoms with Crippen LogP contribution in [0.25, 0.3) is 81.2 Å². The maximum Gasteiger partial charge on any atom is 0.161 e. The Kier molecular flexibility index (Phi) is 9.45. The molecule has 0 unspecified atom stereocenters. The zero-order valence-corrected chi connectivity index (χ0v) is 34.3. The van der Waals surface area contributed by atoms with Crippen LogP contribution >= 0.6 is 11.3 Å². The van der Waals surface area contributed by atoms with Crippen molar-refractivity contribution in [3.8, 4) is 39.2 Å². The van der Waals surface area contributed by atoms with E-state index in [0.717, 1.165) is 72.1 Å². The lowest BCUT2D eigenvalue weighted by Gasteiger charge is -2.14. The predicted molar refractivity (Wildman–Crippen MR) is 262 cm³/mol. The molecule has 3 aromatic heterocycles. The van der Waals surface area contributed by atoms with Gasteiger partial charge in [-0.25, -0.2) is 15.0 Å². The van der Waals surface area contributed by atoms with Crippen molar-refractivity contribution in [2.24, 2.45) is 9.98 Å². The molecule has 6 heteroatoms. The van der Waals surface area contributed by atoms with Gasteiger partial charge < -0.3 is 0 Å². The second-order valence-corrected chi connectivity index (χ2v) is 16.3. The van der Waals surface area contributed by atoms with E-state index in [4.69, 9.17) is 20.4 Å². The van der Waals surface area contributed by atoms with E-state index in [-0.39, 0.29) is 5.84 Å². The standard InChI is InChI=1S/C56H37N5S/c57-54(39-21-9-3-10-22-39)60-55(40-23-11-4-12-24-40)58-36-45-32-44(43-30-41(37-17-5-1-6-18-37)29-42(31-43)38-19-7-2-8-20-38)35-59-56(45)61-50-27-15-13-25-46(50)48-33-49-47-26-14-16-28-52(47)62-53(49)34-51(48)61/h1-36,57H. The Morgan fingerprint density at radius 3 is 1.71 bits per heavy atom. The molecular weight excluding hydrogens is 775 g/mol. The van der Waals surface area contributed by atoms with Gasteiger partial charge in [0.05, 0.1) is 11.0 Å². The van der Waals surface area contributed by atoms with E-state index in [9.17, 15) is 0 Å². The van der Waals surface area contributed by atoms with E-state index in [1.807, 2.05) is 84.4 Å². The van der Waals surface area contributed by atoms with Crippen molar-refractivity contribution in [3.63, 3.8) is 0 Å². The Labute approximate surface area is 362 Å². The Balaban J connectivity index is 1.15. The molecule has 0 saturated heterocycles. The fourth-order valence-corrected chi connectivity index (χ4v) is 9.49. The summed E-state index contributed by atoms with van der Waals surface area (Å²) in [5.74, 6) is 1.31. The van der Waals surface area contributed by atoms with Crippen LogP contribution < -0.4 is 0 Å². The van der Waals surface area contributed by atoms with Gasteiger partial charge in [-0.15, -0.1) is 11.3 Å². The smallest absolute Gasteiger partial charge is 0.161 e. The molecule has 62 heavy (non-hydrogen) atoms. The van der Waals surface area contributed by atoms with Gasteiger partial charge in [-0.3, -0.25) is 9.98 Å². The highest BCUT2D eigenvalue weighted by molar-refractivity contribution is 7.25. The third kappa shape index (κ3) is 6.88. The third-order valence-corrected chi connectivity index (χ3v) is 12.5. The molecule has 0 saturated carbocycles. The molecule has 5 nitrogen and oxygen atoms in total. The molecule has 0 aliphatic rings. The molecule has 3 heterocycles. The monoisotopic (exact) mass is 811 g/mol. The number of nitrogens with one attached hydrogen (secondary N) is 1. The summed E-state index contributed by atoms with van der Waals surface area (Å²) in [4.78, 5) is 15.3. The number of thiophene rings is 1. The van der Waals surface area contributed by atoms with Gasteiger partial charge in [-0.05, 0) is 76.3 Å². The van der Waals surface area contributed by atoms with Crippen LogP contribution in [-0.2, 0) is 0 Å². The molecule has 0 bridgehead atoms. The lowest BCUT2D eigenvalue weighted by atomic mass is 9.93. The Morgan fingerprint density at radius 1 is 0.468 bits per heavy atom. The Hall–Kier alpha value is -8.06. The molecule has 1 N–H and O–H groups in total. The molecule has 0 aliphatic heterocycles. The highest BCUT2D eigenvalue weighted by Gasteiger charge is 2.19. The molecule has 0 radical (unpaired) electrons. The van der Waals surface area contributed by atoms with E-state index < -0.39 is 0 Å². The fraction of sp³-hybridized carbons (Fsp3) is 0. The van der Waals surface area contributed by atoms with Gasteiger partial charge in [0.15, 0.2) is 11.7 Å². The van der Waals surface area contributed by atoms with E-state index in [1.54, 1.807) is 0 Å². The van der Waals surface area contributed by atoms with Gasteiger partial charge in [0.2, 0.25) is 0 Å². The summed E-state index contributed by atoms with van der Waals surface area (Å²) in [5.41, 5.74) is 11.0. The summed E-state index contributed by atoms with van der Waals surface area (Å²) in [6.07, 6.45) is 3.86. The van der Waals surface area contributed by atoms with Gasteiger partial charge in [0.1, 0.15) is 5.82 Å². The van der Waals surface area contributed by atoms with E-state index in [1.165, 1.54) is 20.2 Å². The number of hydrogen-bond donors (Lipinski definition) is 1. The molecule has 0 amide bonds.